The van der Waals surface area contributed by atoms with E-state index in [9.17, 15) is 27.9 Å². The third kappa shape index (κ3) is 9.12. The van der Waals surface area contributed by atoms with Crippen molar-refractivity contribution in [1.29, 1.82) is 0 Å². The van der Waals surface area contributed by atoms with Gasteiger partial charge in [-0.3, -0.25) is 14.6 Å². The molecule has 0 atom stereocenters. The largest absolute Gasteiger partial charge is 0.508 e. The first-order chi connectivity index (χ1) is 19.9. The van der Waals surface area contributed by atoms with Gasteiger partial charge in [0, 0.05) is 52.4 Å². The quantitative estimate of drug-likeness (QED) is 0.113. The van der Waals surface area contributed by atoms with E-state index in [0.29, 0.717) is 33.3 Å². The van der Waals surface area contributed by atoms with Crippen LogP contribution in [0.15, 0.2) is 72.9 Å². The van der Waals surface area contributed by atoms with Crippen LogP contribution in [0.1, 0.15) is 23.2 Å². The van der Waals surface area contributed by atoms with Gasteiger partial charge in [0.25, 0.3) is 0 Å². The lowest BCUT2D eigenvalue weighted by molar-refractivity contribution is -0.138. The number of halogens is 5. The van der Waals surface area contributed by atoms with Crippen LogP contribution in [0, 0.1) is 6.92 Å². The van der Waals surface area contributed by atoms with Crippen LogP contribution in [-0.2, 0) is 22.3 Å². The van der Waals surface area contributed by atoms with Gasteiger partial charge in [-0.1, -0.05) is 47.5 Å². The van der Waals surface area contributed by atoms with Gasteiger partial charge in [-0.25, -0.2) is 0 Å². The Kier molecular flexibility index (Phi) is 11.2. The van der Waals surface area contributed by atoms with E-state index in [4.69, 9.17) is 28.3 Å². The molecule has 4 N–H and O–H groups in total. The van der Waals surface area contributed by atoms with Crippen molar-refractivity contribution < 1.29 is 33.0 Å². The van der Waals surface area contributed by atoms with Crippen LogP contribution in [0.25, 0.3) is 22.3 Å². The molecule has 0 unspecified atom stereocenters. The number of alkyl halides is 3. The van der Waals surface area contributed by atoms with Crippen LogP contribution < -0.4 is 10.6 Å². The molecule has 42 heavy (non-hydrogen) atoms. The summed E-state index contributed by atoms with van der Waals surface area (Å²) < 4.78 is 40.2. The zero-order chi connectivity index (χ0) is 30.9. The van der Waals surface area contributed by atoms with Crippen molar-refractivity contribution in [2.24, 2.45) is 0 Å². The summed E-state index contributed by atoms with van der Waals surface area (Å²) in [5.41, 5.74) is 3.19. The van der Waals surface area contributed by atoms with E-state index in [-0.39, 0.29) is 25.1 Å². The minimum atomic E-state index is -4.60. The maximum absolute atomic E-state index is 13.4. The van der Waals surface area contributed by atoms with E-state index >= 15 is 0 Å². The van der Waals surface area contributed by atoms with Crippen LogP contribution in [0.2, 0.25) is 10.0 Å². The summed E-state index contributed by atoms with van der Waals surface area (Å²) in [7, 11) is 0. The number of anilines is 1. The standard InChI is InChI=1S/C26H19Cl2F3N2O.C4H7NO3/c1-15-2-3-17(13-32-15)22-10-18(26(29,30)31)11-25(34)23(22)14-33-20-8-9-21(24(28)12-20)16-4-6-19(27)7-5-16;6-3-5-2-1-4(7)8/h2-13,33-34H,14H2,1H3;3H,1-2H2,(H,5,6)(H,7,8). The highest BCUT2D eigenvalue weighted by Crippen LogP contribution is 2.39. The topological polar surface area (TPSA) is 112 Å². The van der Waals surface area contributed by atoms with Gasteiger partial charge in [0.05, 0.1) is 17.0 Å². The second kappa shape index (κ2) is 14.6. The number of pyridine rings is 1. The SMILES string of the molecule is Cc1ccc(-c2cc(C(F)(F)F)cc(O)c2CNc2ccc(-c3ccc(Cl)cc3)c(Cl)c2)cn1.O=CNCCC(=O)O. The fourth-order valence-electron chi connectivity index (χ4n) is 3.81. The molecular weight excluding hydrogens is 594 g/mol. The molecule has 0 radical (unpaired) electrons. The Labute approximate surface area is 249 Å². The number of carboxylic acid groups (broad SMARTS) is 1. The van der Waals surface area contributed by atoms with Crippen LogP contribution in [0.4, 0.5) is 18.9 Å². The molecular formula is C30H26Cl2F3N3O4. The number of carbonyl (C=O) groups excluding carboxylic acids is 1. The molecule has 0 spiro atoms. The number of carbonyl (C=O) groups is 2. The second-order valence-electron chi connectivity index (χ2n) is 8.98. The number of nitrogens with one attached hydrogen (secondary N) is 2. The molecule has 3 aromatic carbocycles. The van der Waals surface area contributed by atoms with Crippen molar-refractivity contribution in [2.75, 3.05) is 11.9 Å². The molecule has 4 rings (SSSR count). The highest BCUT2D eigenvalue weighted by molar-refractivity contribution is 6.33. The summed E-state index contributed by atoms with van der Waals surface area (Å²) in [5.74, 6) is -1.36. The van der Waals surface area contributed by atoms with Crippen molar-refractivity contribution in [2.45, 2.75) is 26.1 Å². The fraction of sp³-hybridized carbons (Fsp3) is 0.167. The number of rotatable bonds is 9. The highest BCUT2D eigenvalue weighted by Gasteiger charge is 2.32. The molecule has 4 aromatic rings. The summed E-state index contributed by atoms with van der Waals surface area (Å²) in [6.07, 6.45) is -2.64. The highest BCUT2D eigenvalue weighted by atomic mass is 35.5. The number of hydrogen-bond donors (Lipinski definition) is 4. The first kappa shape index (κ1) is 32.2. The molecule has 0 aliphatic rings. The Balaban J connectivity index is 0.000000531. The lowest BCUT2D eigenvalue weighted by Crippen LogP contribution is -2.15. The summed E-state index contributed by atoms with van der Waals surface area (Å²) >= 11 is 12.4. The second-order valence-corrected chi connectivity index (χ2v) is 9.82. The number of carboxylic acids is 1. The molecule has 0 saturated carbocycles. The number of aromatic hydroxyl groups is 1. The van der Waals surface area contributed by atoms with Gasteiger partial charge in [0.1, 0.15) is 5.75 Å². The number of aromatic nitrogens is 1. The van der Waals surface area contributed by atoms with Crippen LogP contribution >= 0.6 is 23.2 Å². The Hall–Kier alpha value is -4.28. The molecule has 1 heterocycles. The number of phenols is 1. The number of phenolic OH excluding ortho intramolecular Hbond substituents is 1. The van der Waals surface area contributed by atoms with Crippen molar-refractivity contribution in [3.8, 4) is 28.0 Å². The number of aryl methyl sites for hydroxylation is 1. The van der Waals surface area contributed by atoms with Gasteiger partial charge in [0.15, 0.2) is 0 Å². The van der Waals surface area contributed by atoms with Gasteiger partial charge in [-0.2, -0.15) is 13.2 Å². The molecule has 0 bridgehead atoms. The smallest absolute Gasteiger partial charge is 0.416 e. The molecule has 220 valence electrons. The summed E-state index contributed by atoms with van der Waals surface area (Å²) in [6, 6.07) is 17.8. The average Bonchev–Trinajstić information content (AvgIpc) is 2.93. The van der Waals surface area contributed by atoms with Gasteiger partial charge in [-0.05, 0) is 60.5 Å². The van der Waals surface area contributed by atoms with Crippen molar-refractivity contribution in [3.05, 3.63) is 99.8 Å². The Morgan fingerprint density at radius 1 is 0.976 bits per heavy atom. The maximum atomic E-state index is 13.4. The molecule has 7 nitrogen and oxygen atoms in total. The van der Waals surface area contributed by atoms with E-state index in [1.54, 1.807) is 37.3 Å². The van der Waals surface area contributed by atoms with Crippen LogP contribution in [-0.4, -0.2) is 34.1 Å². The van der Waals surface area contributed by atoms with Crippen LogP contribution in [0.3, 0.4) is 0 Å². The van der Waals surface area contributed by atoms with Gasteiger partial charge in [0.2, 0.25) is 6.41 Å². The Morgan fingerprint density at radius 2 is 1.67 bits per heavy atom. The van der Waals surface area contributed by atoms with Crippen molar-refractivity contribution >= 4 is 41.3 Å². The molecule has 0 aliphatic carbocycles. The number of aliphatic carboxylic acids is 1. The van der Waals surface area contributed by atoms with Gasteiger partial charge < -0.3 is 20.8 Å². The molecule has 0 saturated heterocycles. The maximum Gasteiger partial charge on any atom is 0.416 e. The Morgan fingerprint density at radius 3 is 2.24 bits per heavy atom. The van der Waals surface area contributed by atoms with Crippen molar-refractivity contribution in [3.63, 3.8) is 0 Å². The minimum absolute atomic E-state index is 0.0151. The number of benzene rings is 3. The van der Waals surface area contributed by atoms with E-state index in [2.05, 4.69) is 15.6 Å². The summed E-state index contributed by atoms with van der Waals surface area (Å²) in [5, 5.41) is 25.0. The zero-order valence-corrected chi connectivity index (χ0v) is 23.7. The fourth-order valence-corrected chi connectivity index (χ4v) is 4.22. The predicted octanol–water partition coefficient (Wildman–Crippen LogP) is 7.57. The zero-order valence-electron chi connectivity index (χ0n) is 22.2. The first-order valence-corrected chi connectivity index (χ1v) is 13.2. The number of amides is 1. The van der Waals surface area contributed by atoms with Gasteiger partial charge in [-0.15, -0.1) is 0 Å². The van der Waals surface area contributed by atoms with Gasteiger partial charge >= 0.3 is 12.1 Å². The Bertz CT molecular complexity index is 1530. The molecule has 12 heteroatoms. The molecule has 1 aromatic heterocycles. The third-order valence-corrected chi connectivity index (χ3v) is 6.50. The van der Waals surface area contributed by atoms with E-state index in [1.165, 1.54) is 6.20 Å². The van der Waals surface area contributed by atoms with E-state index in [1.807, 2.05) is 24.3 Å². The number of nitrogens with zero attached hydrogens (tertiary/aromatic N) is 1. The minimum Gasteiger partial charge on any atom is -0.508 e. The van der Waals surface area contributed by atoms with E-state index in [0.717, 1.165) is 29.0 Å². The summed E-state index contributed by atoms with van der Waals surface area (Å²) in [4.78, 5) is 23.4. The summed E-state index contributed by atoms with van der Waals surface area (Å²) in [6.45, 7) is 2.07. The van der Waals surface area contributed by atoms with E-state index < -0.39 is 23.5 Å². The molecule has 0 aliphatic heterocycles. The molecule has 1 amide bonds. The van der Waals surface area contributed by atoms with Crippen LogP contribution in [0.5, 0.6) is 5.75 Å². The number of hydrogen-bond acceptors (Lipinski definition) is 5. The molecule has 0 fully saturated rings. The first-order valence-electron chi connectivity index (χ1n) is 12.4. The third-order valence-electron chi connectivity index (χ3n) is 5.94. The lowest BCUT2D eigenvalue weighted by atomic mass is 9.96. The predicted molar refractivity (Wildman–Crippen MR) is 157 cm³/mol. The lowest BCUT2D eigenvalue weighted by Gasteiger charge is -2.17. The normalized spacial score (nSPS) is 10.8. The van der Waals surface area contributed by atoms with Crippen molar-refractivity contribution in [1.82, 2.24) is 10.3 Å². The monoisotopic (exact) mass is 619 g/mol. The average molecular weight is 620 g/mol.